The van der Waals surface area contributed by atoms with E-state index in [9.17, 15) is 4.79 Å². The van der Waals surface area contributed by atoms with Gasteiger partial charge in [-0.15, -0.1) is 0 Å². The molecule has 1 aliphatic heterocycles. The number of carbonyl (C=O) groups excluding carboxylic acids is 1. The molecule has 3 rings (SSSR count). The van der Waals surface area contributed by atoms with Gasteiger partial charge in [-0.05, 0) is 24.3 Å². The van der Waals surface area contributed by atoms with Crippen LogP contribution in [-0.2, 0) is 4.79 Å². The Morgan fingerprint density at radius 1 is 1.10 bits per heavy atom. The predicted molar refractivity (Wildman–Crippen MR) is 115 cm³/mol. The van der Waals surface area contributed by atoms with Gasteiger partial charge in [0, 0.05) is 44.3 Å². The molecule has 29 heavy (non-hydrogen) atoms. The molecular formula is C23H32N3O3+. The SMILES string of the molecule is COc1cccc(OCC(=O)NC[C@@H](c2ccc(N(C)C)cc2)[NH+]2CCCC2)c1. The smallest absolute Gasteiger partial charge is 0.258 e. The van der Waals surface area contributed by atoms with Crippen LogP contribution in [0.5, 0.6) is 11.5 Å². The van der Waals surface area contributed by atoms with Crippen LogP contribution in [0.2, 0.25) is 0 Å². The third-order valence-corrected chi connectivity index (χ3v) is 5.46. The molecule has 1 atom stereocenters. The molecule has 0 saturated carbocycles. The van der Waals surface area contributed by atoms with Gasteiger partial charge in [-0.3, -0.25) is 4.79 Å². The van der Waals surface area contributed by atoms with Crippen molar-refractivity contribution < 1.29 is 19.2 Å². The maximum atomic E-state index is 12.4. The molecule has 1 saturated heterocycles. The van der Waals surface area contributed by atoms with Crippen LogP contribution in [0.25, 0.3) is 0 Å². The van der Waals surface area contributed by atoms with Gasteiger partial charge >= 0.3 is 0 Å². The van der Waals surface area contributed by atoms with E-state index in [1.807, 2.05) is 32.3 Å². The fourth-order valence-corrected chi connectivity index (χ4v) is 3.79. The summed E-state index contributed by atoms with van der Waals surface area (Å²) in [4.78, 5) is 16.0. The zero-order valence-electron chi connectivity index (χ0n) is 17.6. The van der Waals surface area contributed by atoms with E-state index in [2.05, 4.69) is 34.5 Å². The number of benzene rings is 2. The van der Waals surface area contributed by atoms with Crippen molar-refractivity contribution in [1.82, 2.24) is 5.32 Å². The lowest BCUT2D eigenvalue weighted by atomic mass is 10.0. The summed E-state index contributed by atoms with van der Waals surface area (Å²) in [6.45, 7) is 2.90. The Morgan fingerprint density at radius 3 is 2.45 bits per heavy atom. The lowest BCUT2D eigenvalue weighted by molar-refractivity contribution is -0.918. The molecule has 1 fully saturated rings. The number of amides is 1. The molecule has 1 heterocycles. The Hall–Kier alpha value is -2.73. The Labute approximate surface area is 173 Å². The Balaban J connectivity index is 1.58. The highest BCUT2D eigenvalue weighted by atomic mass is 16.5. The molecule has 0 aliphatic carbocycles. The number of likely N-dealkylation sites (tertiary alicyclic amines) is 1. The molecule has 2 aromatic carbocycles. The van der Waals surface area contributed by atoms with Gasteiger partial charge in [0.1, 0.15) is 17.5 Å². The summed E-state index contributed by atoms with van der Waals surface area (Å²) < 4.78 is 10.8. The van der Waals surface area contributed by atoms with E-state index in [-0.39, 0.29) is 18.6 Å². The number of carbonyl (C=O) groups is 1. The third-order valence-electron chi connectivity index (χ3n) is 5.46. The van der Waals surface area contributed by atoms with Gasteiger partial charge in [0.25, 0.3) is 5.91 Å². The van der Waals surface area contributed by atoms with E-state index in [1.54, 1.807) is 13.2 Å². The molecule has 0 radical (unpaired) electrons. The Morgan fingerprint density at radius 2 is 1.79 bits per heavy atom. The van der Waals surface area contributed by atoms with Crippen molar-refractivity contribution >= 4 is 11.6 Å². The molecule has 0 unspecified atom stereocenters. The second-order valence-corrected chi connectivity index (χ2v) is 7.68. The van der Waals surface area contributed by atoms with Crippen LogP contribution in [0.15, 0.2) is 48.5 Å². The molecule has 0 bridgehead atoms. The number of nitrogens with zero attached hydrogens (tertiary/aromatic N) is 1. The number of ether oxygens (including phenoxy) is 2. The van der Waals surface area contributed by atoms with Gasteiger partial charge in [-0.1, -0.05) is 18.2 Å². The summed E-state index contributed by atoms with van der Waals surface area (Å²) in [6, 6.07) is 16.2. The van der Waals surface area contributed by atoms with Gasteiger partial charge in [0.05, 0.1) is 26.7 Å². The summed E-state index contributed by atoms with van der Waals surface area (Å²) in [5.41, 5.74) is 2.45. The molecule has 0 spiro atoms. The van der Waals surface area contributed by atoms with E-state index in [0.717, 1.165) is 13.1 Å². The quantitative estimate of drug-likeness (QED) is 0.675. The van der Waals surface area contributed by atoms with Gasteiger partial charge in [0.15, 0.2) is 6.61 Å². The first-order valence-corrected chi connectivity index (χ1v) is 10.2. The molecule has 2 aromatic rings. The zero-order valence-corrected chi connectivity index (χ0v) is 17.6. The molecule has 156 valence electrons. The van der Waals surface area contributed by atoms with E-state index in [1.165, 1.54) is 29.0 Å². The first kappa shape index (κ1) is 21.0. The van der Waals surface area contributed by atoms with Gasteiger partial charge in [0.2, 0.25) is 0 Å². The van der Waals surface area contributed by atoms with E-state index < -0.39 is 0 Å². The number of rotatable bonds is 9. The highest BCUT2D eigenvalue weighted by Crippen LogP contribution is 2.19. The number of methoxy groups -OCH3 is 1. The first-order valence-electron chi connectivity index (χ1n) is 10.2. The van der Waals surface area contributed by atoms with Gasteiger partial charge in [-0.2, -0.15) is 0 Å². The second-order valence-electron chi connectivity index (χ2n) is 7.68. The summed E-state index contributed by atoms with van der Waals surface area (Å²) >= 11 is 0. The maximum Gasteiger partial charge on any atom is 0.258 e. The summed E-state index contributed by atoms with van der Waals surface area (Å²) in [5, 5.41) is 3.07. The minimum atomic E-state index is -0.110. The van der Waals surface area contributed by atoms with Crippen molar-refractivity contribution in [2.75, 3.05) is 52.3 Å². The molecule has 1 amide bonds. The average molecular weight is 399 g/mol. The van der Waals surface area contributed by atoms with Crippen LogP contribution in [0.4, 0.5) is 5.69 Å². The fraction of sp³-hybridized carbons (Fsp3) is 0.435. The normalized spacial score (nSPS) is 15.0. The monoisotopic (exact) mass is 398 g/mol. The second kappa shape index (κ2) is 10.2. The van der Waals surface area contributed by atoms with Crippen molar-refractivity contribution in [1.29, 1.82) is 0 Å². The number of anilines is 1. The standard InChI is InChI=1S/C23H31N3O3/c1-25(2)19-11-9-18(10-12-19)22(26-13-4-5-14-26)16-24-23(27)17-29-21-8-6-7-20(15-21)28-3/h6-12,15,22H,4-5,13-14,16-17H2,1-3H3,(H,24,27)/p+1/t22-/m0/s1. The van der Waals surface area contributed by atoms with Crippen molar-refractivity contribution in [3.05, 3.63) is 54.1 Å². The van der Waals surface area contributed by atoms with E-state index in [0.29, 0.717) is 18.0 Å². The minimum Gasteiger partial charge on any atom is -0.497 e. The van der Waals surface area contributed by atoms with Crippen LogP contribution < -0.4 is 24.6 Å². The van der Waals surface area contributed by atoms with Crippen molar-refractivity contribution in [3.8, 4) is 11.5 Å². The first-order chi connectivity index (χ1) is 14.1. The molecule has 2 N–H and O–H groups in total. The molecule has 6 heteroatoms. The van der Waals surface area contributed by atoms with E-state index in [4.69, 9.17) is 9.47 Å². The van der Waals surface area contributed by atoms with Crippen molar-refractivity contribution in [3.63, 3.8) is 0 Å². The third kappa shape index (κ3) is 5.87. The summed E-state index contributed by atoms with van der Waals surface area (Å²) in [6.07, 6.45) is 2.49. The van der Waals surface area contributed by atoms with Gasteiger partial charge in [-0.25, -0.2) is 0 Å². The largest absolute Gasteiger partial charge is 0.497 e. The van der Waals surface area contributed by atoms with Crippen LogP contribution >= 0.6 is 0 Å². The lowest BCUT2D eigenvalue weighted by Gasteiger charge is -2.26. The Kier molecular flexibility index (Phi) is 7.36. The lowest BCUT2D eigenvalue weighted by Crippen LogP contribution is -3.11. The zero-order chi connectivity index (χ0) is 20.6. The summed E-state index contributed by atoms with van der Waals surface area (Å²) in [5.74, 6) is 1.23. The maximum absolute atomic E-state index is 12.4. The molecular weight excluding hydrogens is 366 g/mol. The Bertz CT molecular complexity index is 786. The number of hydrogen-bond acceptors (Lipinski definition) is 4. The summed E-state index contributed by atoms with van der Waals surface area (Å²) in [7, 11) is 5.69. The van der Waals surface area contributed by atoms with Crippen LogP contribution in [-0.4, -0.2) is 53.4 Å². The van der Waals surface area contributed by atoms with Crippen LogP contribution in [0, 0.1) is 0 Å². The predicted octanol–water partition coefficient (Wildman–Crippen LogP) is 1.68. The molecule has 1 aliphatic rings. The molecule has 0 aromatic heterocycles. The number of hydrogen-bond donors (Lipinski definition) is 2. The van der Waals surface area contributed by atoms with Crippen molar-refractivity contribution in [2.45, 2.75) is 18.9 Å². The van der Waals surface area contributed by atoms with E-state index >= 15 is 0 Å². The molecule has 6 nitrogen and oxygen atoms in total. The number of quaternary nitrogens is 1. The highest BCUT2D eigenvalue weighted by Gasteiger charge is 2.27. The highest BCUT2D eigenvalue weighted by molar-refractivity contribution is 5.77. The fourth-order valence-electron chi connectivity index (χ4n) is 3.79. The number of nitrogens with one attached hydrogen (secondary N) is 2. The van der Waals surface area contributed by atoms with Crippen molar-refractivity contribution in [2.24, 2.45) is 0 Å². The van der Waals surface area contributed by atoms with Crippen LogP contribution in [0.1, 0.15) is 24.4 Å². The minimum absolute atomic E-state index is 0.00517. The van der Waals surface area contributed by atoms with Gasteiger partial charge < -0.3 is 24.6 Å². The topological polar surface area (TPSA) is 55.2 Å². The average Bonchev–Trinajstić information content (AvgIpc) is 3.27. The van der Waals surface area contributed by atoms with Crippen LogP contribution in [0.3, 0.4) is 0 Å².